The molecule has 0 radical (unpaired) electrons. The lowest BCUT2D eigenvalue weighted by atomic mass is 10.00. The molecule has 1 aliphatic heterocycles. The highest BCUT2D eigenvalue weighted by Gasteiger charge is 2.32. The number of fused-ring (bicyclic) bond motifs is 3. The van der Waals surface area contributed by atoms with Crippen LogP contribution in [0.25, 0.3) is 35.4 Å². The summed E-state index contributed by atoms with van der Waals surface area (Å²) < 4.78 is 26.0. The second kappa shape index (κ2) is 7.86. The smallest absolute Gasteiger partial charge is 0.207 e. The highest BCUT2D eigenvalue weighted by atomic mass is 32.2. The van der Waals surface area contributed by atoms with Crippen LogP contribution in [-0.4, -0.2) is 8.42 Å². The van der Waals surface area contributed by atoms with Gasteiger partial charge < -0.3 is 0 Å². The minimum absolute atomic E-state index is 0.378. The Bertz CT molecular complexity index is 1310. The zero-order valence-electron chi connectivity index (χ0n) is 16.8. The van der Waals surface area contributed by atoms with E-state index in [9.17, 15) is 8.42 Å². The standard InChI is InChI=1S/C28H20O2S/c29-31(30)27-17-15-23(13-11-21-7-3-1-4-8-21)19-25(27)26-20-24(16-18-28(26)31)14-12-22-9-5-2-6-10-22/h1-20H. The van der Waals surface area contributed by atoms with Crippen LogP contribution in [-0.2, 0) is 9.84 Å². The first kappa shape index (κ1) is 19.3. The fourth-order valence-corrected chi connectivity index (χ4v) is 5.47. The van der Waals surface area contributed by atoms with Gasteiger partial charge in [-0.1, -0.05) is 97.1 Å². The Morgan fingerprint density at radius 2 is 0.839 bits per heavy atom. The van der Waals surface area contributed by atoms with E-state index in [2.05, 4.69) is 0 Å². The maximum Gasteiger partial charge on any atom is 0.207 e. The number of benzene rings is 4. The van der Waals surface area contributed by atoms with Gasteiger partial charge in [0.25, 0.3) is 0 Å². The van der Waals surface area contributed by atoms with Gasteiger partial charge >= 0.3 is 0 Å². The summed E-state index contributed by atoms with van der Waals surface area (Å²) >= 11 is 0. The molecule has 0 saturated heterocycles. The second-order valence-electron chi connectivity index (χ2n) is 7.50. The number of hydrogen-bond donors (Lipinski definition) is 0. The molecule has 4 aromatic rings. The molecule has 2 nitrogen and oxygen atoms in total. The highest BCUT2D eigenvalue weighted by Crippen LogP contribution is 2.44. The van der Waals surface area contributed by atoms with Crippen LogP contribution in [0.15, 0.2) is 107 Å². The largest absolute Gasteiger partial charge is 0.218 e. The van der Waals surface area contributed by atoms with E-state index in [4.69, 9.17) is 0 Å². The van der Waals surface area contributed by atoms with Crippen molar-refractivity contribution in [3.63, 3.8) is 0 Å². The van der Waals surface area contributed by atoms with E-state index in [0.29, 0.717) is 9.79 Å². The molecule has 0 spiro atoms. The maximum absolute atomic E-state index is 13.0. The first-order chi connectivity index (χ1) is 15.1. The van der Waals surface area contributed by atoms with Gasteiger partial charge in [-0.3, -0.25) is 0 Å². The van der Waals surface area contributed by atoms with Crippen molar-refractivity contribution in [3.8, 4) is 11.1 Å². The fourth-order valence-electron chi connectivity index (χ4n) is 3.82. The van der Waals surface area contributed by atoms with Crippen LogP contribution in [0.5, 0.6) is 0 Å². The van der Waals surface area contributed by atoms with Crippen LogP contribution in [0, 0.1) is 0 Å². The molecule has 1 aliphatic rings. The molecule has 3 heteroatoms. The molecule has 1 heterocycles. The predicted molar refractivity (Wildman–Crippen MR) is 128 cm³/mol. The van der Waals surface area contributed by atoms with E-state index in [-0.39, 0.29) is 0 Å². The Labute approximate surface area is 182 Å². The molecular formula is C28H20O2S. The van der Waals surface area contributed by atoms with Crippen LogP contribution >= 0.6 is 0 Å². The highest BCUT2D eigenvalue weighted by molar-refractivity contribution is 7.92. The van der Waals surface area contributed by atoms with Gasteiger partial charge in [-0.15, -0.1) is 0 Å². The Morgan fingerprint density at radius 1 is 0.452 bits per heavy atom. The minimum atomic E-state index is -3.48. The molecule has 0 fully saturated rings. The first-order valence-corrected chi connectivity index (χ1v) is 11.6. The van der Waals surface area contributed by atoms with Gasteiger partial charge in [0, 0.05) is 11.1 Å². The third-order valence-electron chi connectivity index (χ3n) is 5.41. The fraction of sp³-hybridized carbons (Fsp3) is 0. The number of rotatable bonds is 4. The van der Waals surface area contributed by atoms with Crippen molar-refractivity contribution >= 4 is 34.1 Å². The van der Waals surface area contributed by atoms with Gasteiger partial charge in [0.15, 0.2) is 0 Å². The van der Waals surface area contributed by atoms with Gasteiger partial charge in [0.2, 0.25) is 9.84 Å². The SMILES string of the molecule is O=S1(=O)c2ccc(C=Cc3ccccc3)cc2-c2cc(C=Cc3ccccc3)ccc21. The molecule has 0 atom stereocenters. The van der Waals surface area contributed by atoms with Crippen molar-refractivity contribution in [1.82, 2.24) is 0 Å². The van der Waals surface area contributed by atoms with Crippen LogP contribution in [0.1, 0.15) is 22.3 Å². The van der Waals surface area contributed by atoms with Crippen LogP contribution in [0.4, 0.5) is 0 Å². The normalized spacial score (nSPS) is 14.1. The van der Waals surface area contributed by atoms with Crippen molar-refractivity contribution in [3.05, 3.63) is 119 Å². The van der Waals surface area contributed by atoms with E-state index in [0.717, 1.165) is 33.4 Å². The number of sulfone groups is 1. The Kier molecular flexibility index (Phi) is 4.89. The topological polar surface area (TPSA) is 34.1 Å². The van der Waals surface area contributed by atoms with Crippen molar-refractivity contribution in [2.45, 2.75) is 9.79 Å². The van der Waals surface area contributed by atoms with Crippen molar-refractivity contribution < 1.29 is 8.42 Å². The Balaban J connectivity index is 1.54. The average molecular weight is 421 g/mol. The molecule has 150 valence electrons. The molecule has 0 unspecified atom stereocenters. The summed E-state index contributed by atoms with van der Waals surface area (Å²) in [5, 5.41) is 0. The molecule has 0 saturated carbocycles. The third-order valence-corrected chi connectivity index (χ3v) is 7.28. The molecule has 0 bridgehead atoms. The lowest BCUT2D eigenvalue weighted by molar-refractivity contribution is 0.598. The Morgan fingerprint density at radius 3 is 1.26 bits per heavy atom. The van der Waals surface area contributed by atoms with Crippen molar-refractivity contribution in [2.75, 3.05) is 0 Å². The molecule has 0 amide bonds. The summed E-state index contributed by atoms with van der Waals surface area (Å²) in [4.78, 5) is 0.757. The summed E-state index contributed by atoms with van der Waals surface area (Å²) in [6.07, 6.45) is 8.09. The van der Waals surface area contributed by atoms with Gasteiger partial charge in [0.1, 0.15) is 0 Å². The van der Waals surface area contributed by atoms with E-state index < -0.39 is 9.84 Å². The monoisotopic (exact) mass is 420 g/mol. The molecule has 0 aliphatic carbocycles. The van der Waals surface area contributed by atoms with Crippen LogP contribution in [0.2, 0.25) is 0 Å². The summed E-state index contributed by atoms with van der Waals surface area (Å²) in [6.45, 7) is 0. The lowest BCUT2D eigenvalue weighted by Crippen LogP contribution is -1.96. The third kappa shape index (κ3) is 3.76. The first-order valence-electron chi connectivity index (χ1n) is 10.1. The van der Waals surface area contributed by atoms with Crippen molar-refractivity contribution in [1.29, 1.82) is 0 Å². The quantitative estimate of drug-likeness (QED) is 0.298. The van der Waals surface area contributed by atoms with E-state index >= 15 is 0 Å². The summed E-state index contributed by atoms with van der Waals surface area (Å²) in [7, 11) is -3.48. The molecule has 0 N–H and O–H groups in total. The van der Waals surface area contributed by atoms with E-state index in [1.165, 1.54) is 0 Å². The van der Waals surface area contributed by atoms with Crippen LogP contribution in [0.3, 0.4) is 0 Å². The summed E-state index contributed by atoms with van der Waals surface area (Å²) in [5.41, 5.74) is 5.67. The summed E-state index contributed by atoms with van der Waals surface area (Å²) in [5.74, 6) is 0. The van der Waals surface area contributed by atoms with Crippen molar-refractivity contribution in [2.24, 2.45) is 0 Å². The lowest BCUT2D eigenvalue weighted by Gasteiger charge is -2.03. The maximum atomic E-state index is 13.0. The van der Waals surface area contributed by atoms with Gasteiger partial charge in [-0.25, -0.2) is 8.42 Å². The average Bonchev–Trinajstić information content (AvgIpc) is 3.04. The van der Waals surface area contributed by atoms with E-state index in [1.54, 1.807) is 12.1 Å². The minimum Gasteiger partial charge on any atom is -0.218 e. The summed E-state index contributed by atoms with van der Waals surface area (Å²) in [6, 6.07) is 31.2. The Hall–Kier alpha value is -3.69. The van der Waals surface area contributed by atoms with Gasteiger partial charge in [-0.2, -0.15) is 0 Å². The van der Waals surface area contributed by atoms with E-state index in [1.807, 2.05) is 109 Å². The molecule has 0 aromatic heterocycles. The van der Waals surface area contributed by atoms with Crippen LogP contribution < -0.4 is 0 Å². The molecule has 4 aromatic carbocycles. The predicted octanol–water partition coefficient (Wildman–Crippen LogP) is 6.84. The molecular weight excluding hydrogens is 400 g/mol. The second-order valence-corrected chi connectivity index (χ2v) is 9.39. The van der Waals surface area contributed by atoms with Gasteiger partial charge in [-0.05, 0) is 46.5 Å². The zero-order chi connectivity index (χ0) is 21.3. The number of hydrogen-bond acceptors (Lipinski definition) is 2. The zero-order valence-corrected chi connectivity index (χ0v) is 17.6. The molecule has 5 rings (SSSR count). The molecule has 31 heavy (non-hydrogen) atoms. The van der Waals surface area contributed by atoms with Gasteiger partial charge in [0.05, 0.1) is 9.79 Å².